The van der Waals surface area contributed by atoms with Crippen molar-refractivity contribution in [3.8, 4) is 11.5 Å². The van der Waals surface area contributed by atoms with Crippen LogP contribution >= 0.6 is 0 Å². The molecule has 0 saturated carbocycles. The monoisotopic (exact) mass is 448 g/mol. The second-order valence-corrected chi connectivity index (χ2v) is 7.12. The van der Waals surface area contributed by atoms with Crippen LogP contribution in [0.25, 0.3) is 0 Å². The summed E-state index contributed by atoms with van der Waals surface area (Å²) < 4.78 is 40.1. The molecule has 3 aromatic carbocycles. The van der Waals surface area contributed by atoms with Crippen molar-refractivity contribution >= 4 is 11.4 Å². The maximum atomic E-state index is 13.4. The molecule has 0 saturated heterocycles. The van der Waals surface area contributed by atoms with E-state index < -0.39 is 49.9 Å². The predicted octanol–water partition coefficient (Wildman–Crippen LogP) is 5.29. The maximum Gasteiger partial charge on any atom is 0.416 e. The standard InChI is InChI=1S/C21H15F3N2O6/c1-20(12-3-2-4-15(9-12)21(22,23)24,13-5-7-18(27)16(10-13)25(29)30)14-6-8-19(28)17(11-14)26(31)32/h2-11,27-28H,1H3. The average Bonchev–Trinajstić information content (AvgIpc) is 2.73. The lowest BCUT2D eigenvalue weighted by Crippen LogP contribution is -2.26. The number of phenolic OH excluding ortho intramolecular Hbond substituents is 2. The summed E-state index contributed by atoms with van der Waals surface area (Å²) in [7, 11) is 0. The van der Waals surface area contributed by atoms with Crippen molar-refractivity contribution < 1.29 is 33.2 Å². The van der Waals surface area contributed by atoms with Crippen LogP contribution in [-0.4, -0.2) is 20.1 Å². The summed E-state index contributed by atoms with van der Waals surface area (Å²) in [5.74, 6) is -1.30. The zero-order valence-corrected chi connectivity index (χ0v) is 16.3. The first kappa shape index (κ1) is 22.5. The highest BCUT2D eigenvalue weighted by atomic mass is 19.4. The molecule has 2 N–H and O–H groups in total. The van der Waals surface area contributed by atoms with Crippen molar-refractivity contribution in [1.29, 1.82) is 0 Å². The van der Waals surface area contributed by atoms with Gasteiger partial charge in [0, 0.05) is 17.5 Å². The van der Waals surface area contributed by atoms with Crippen LogP contribution in [0, 0.1) is 20.2 Å². The lowest BCUT2D eigenvalue weighted by atomic mass is 9.70. The first-order chi connectivity index (χ1) is 14.9. The molecule has 0 unspecified atom stereocenters. The Bertz CT molecular complexity index is 1160. The van der Waals surface area contributed by atoms with Crippen LogP contribution in [0.3, 0.4) is 0 Å². The molecule has 0 aliphatic rings. The van der Waals surface area contributed by atoms with E-state index in [0.717, 1.165) is 42.5 Å². The quantitative estimate of drug-likeness (QED) is 0.310. The topological polar surface area (TPSA) is 127 Å². The minimum Gasteiger partial charge on any atom is -0.502 e. The lowest BCUT2D eigenvalue weighted by molar-refractivity contribution is -0.386. The zero-order valence-electron chi connectivity index (χ0n) is 16.3. The normalized spacial score (nSPS) is 11.9. The Morgan fingerprint density at radius 2 is 1.12 bits per heavy atom. The van der Waals surface area contributed by atoms with E-state index in [1.54, 1.807) is 0 Å². The molecule has 0 fully saturated rings. The minimum atomic E-state index is -4.68. The third-order valence-electron chi connectivity index (χ3n) is 5.27. The van der Waals surface area contributed by atoms with Gasteiger partial charge in [-0.15, -0.1) is 0 Å². The van der Waals surface area contributed by atoms with Crippen LogP contribution in [0.1, 0.15) is 29.2 Å². The average molecular weight is 448 g/mol. The van der Waals surface area contributed by atoms with Gasteiger partial charge < -0.3 is 10.2 Å². The zero-order chi connectivity index (χ0) is 23.8. The van der Waals surface area contributed by atoms with E-state index >= 15 is 0 Å². The molecular formula is C21H15F3N2O6. The van der Waals surface area contributed by atoms with Crippen LogP contribution in [-0.2, 0) is 11.6 Å². The third kappa shape index (κ3) is 3.92. The molecule has 0 heterocycles. The summed E-state index contributed by atoms with van der Waals surface area (Å²) >= 11 is 0. The number of hydrogen-bond donors (Lipinski definition) is 2. The Kier molecular flexibility index (Phi) is 5.52. The van der Waals surface area contributed by atoms with Gasteiger partial charge >= 0.3 is 17.6 Å². The van der Waals surface area contributed by atoms with Gasteiger partial charge in [0.05, 0.1) is 15.4 Å². The number of aromatic hydroxyl groups is 2. The number of phenols is 2. The Labute approximate surface area is 178 Å². The van der Waals surface area contributed by atoms with Gasteiger partial charge in [0.25, 0.3) is 0 Å². The number of nitrogens with zero attached hydrogens (tertiary/aromatic N) is 2. The van der Waals surface area contributed by atoms with E-state index in [1.807, 2.05) is 0 Å². The number of benzene rings is 3. The molecule has 32 heavy (non-hydrogen) atoms. The van der Waals surface area contributed by atoms with Crippen molar-refractivity contribution in [1.82, 2.24) is 0 Å². The van der Waals surface area contributed by atoms with Crippen molar-refractivity contribution in [2.24, 2.45) is 0 Å². The van der Waals surface area contributed by atoms with Crippen molar-refractivity contribution in [2.45, 2.75) is 18.5 Å². The molecular weight excluding hydrogens is 433 g/mol. The minimum absolute atomic E-state index is 0.0345. The first-order valence-electron chi connectivity index (χ1n) is 8.99. The summed E-state index contributed by atoms with van der Waals surface area (Å²) in [4.78, 5) is 20.9. The number of alkyl halides is 3. The lowest BCUT2D eigenvalue weighted by Gasteiger charge is -2.32. The number of hydrogen-bond acceptors (Lipinski definition) is 6. The fourth-order valence-corrected chi connectivity index (χ4v) is 3.47. The number of nitro benzene ring substituents is 2. The molecule has 0 spiro atoms. The molecule has 0 bridgehead atoms. The summed E-state index contributed by atoms with van der Waals surface area (Å²) in [6, 6.07) is 10.8. The van der Waals surface area contributed by atoms with Gasteiger partial charge in [-0.2, -0.15) is 13.2 Å². The summed E-state index contributed by atoms with van der Waals surface area (Å²) in [6.45, 7) is 1.44. The van der Waals surface area contributed by atoms with Gasteiger partial charge in [0.1, 0.15) is 0 Å². The molecule has 0 aliphatic carbocycles. The summed E-state index contributed by atoms with van der Waals surface area (Å²) in [5.41, 5.74) is -3.68. The highest BCUT2D eigenvalue weighted by Gasteiger charge is 2.37. The molecule has 8 nitrogen and oxygen atoms in total. The van der Waals surface area contributed by atoms with Crippen LogP contribution in [0.2, 0.25) is 0 Å². The molecule has 11 heteroatoms. The van der Waals surface area contributed by atoms with Gasteiger partial charge in [-0.25, -0.2) is 0 Å². The second kappa shape index (κ2) is 7.84. The largest absolute Gasteiger partial charge is 0.502 e. The maximum absolute atomic E-state index is 13.4. The Hall–Kier alpha value is -4.15. The highest BCUT2D eigenvalue weighted by molar-refractivity contribution is 5.59. The molecule has 0 aromatic heterocycles. The van der Waals surface area contributed by atoms with Crippen LogP contribution < -0.4 is 0 Å². The fraction of sp³-hybridized carbons (Fsp3) is 0.143. The number of rotatable bonds is 5. The predicted molar refractivity (Wildman–Crippen MR) is 107 cm³/mol. The number of halogens is 3. The summed E-state index contributed by atoms with van der Waals surface area (Å²) in [5, 5.41) is 42.3. The van der Waals surface area contributed by atoms with Gasteiger partial charge in [-0.1, -0.05) is 30.3 Å². The molecule has 0 atom stereocenters. The smallest absolute Gasteiger partial charge is 0.416 e. The van der Waals surface area contributed by atoms with Gasteiger partial charge in [0.2, 0.25) is 0 Å². The van der Waals surface area contributed by atoms with Crippen LogP contribution in [0.5, 0.6) is 11.5 Å². The Morgan fingerprint density at radius 1 is 0.719 bits per heavy atom. The highest BCUT2D eigenvalue weighted by Crippen LogP contribution is 2.45. The molecule has 0 radical (unpaired) electrons. The van der Waals surface area contributed by atoms with Gasteiger partial charge in [-0.05, 0) is 41.8 Å². The number of nitro groups is 2. The third-order valence-corrected chi connectivity index (χ3v) is 5.27. The van der Waals surface area contributed by atoms with E-state index in [2.05, 4.69) is 0 Å². The molecule has 3 aromatic rings. The second-order valence-electron chi connectivity index (χ2n) is 7.12. The fourth-order valence-electron chi connectivity index (χ4n) is 3.47. The van der Waals surface area contributed by atoms with E-state index in [1.165, 1.54) is 25.1 Å². The van der Waals surface area contributed by atoms with E-state index in [4.69, 9.17) is 0 Å². The first-order valence-corrected chi connectivity index (χ1v) is 8.99. The van der Waals surface area contributed by atoms with Gasteiger partial charge in [0.15, 0.2) is 11.5 Å². The van der Waals surface area contributed by atoms with Crippen LogP contribution in [0.4, 0.5) is 24.5 Å². The molecule has 166 valence electrons. The van der Waals surface area contributed by atoms with Gasteiger partial charge in [-0.3, -0.25) is 20.2 Å². The molecule has 0 amide bonds. The van der Waals surface area contributed by atoms with E-state index in [0.29, 0.717) is 0 Å². The van der Waals surface area contributed by atoms with E-state index in [-0.39, 0.29) is 16.7 Å². The van der Waals surface area contributed by atoms with Crippen molar-refractivity contribution in [2.75, 3.05) is 0 Å². The Morgan fingerprint density at radius 3 is 1.53 bits per heavy atom. The molecule has 3 rings (SSSR count). The van der Waals surface area contributed by atoms with Crippen LogP contribution in [0.15, 0.2) is 60.7 Å². The van der Waals surface area contributed by atoms with Crippen molar-refractivity contribution in [3.05, 3.63) is 103 Å². The van der Waals surface area contributed by atoms with E-state index in [9.17, 15) is 43.6 Å². The Balaban J connectivity index is 2.38. The van der Waals surface area contributed by atoms with Crippen molar-refractivity contribution in [3.63, 3.8) is 0 Å². The molecule has 0 aliphatic heterocycles. The summed E-state index contributed by atoms with van der Waals surface area (Å²) in [6.07, 6.45) is -4.68. The SMILES string of the molecule is CC(c1cccc(C(F)(F)F)c1)(c1ccc(O)c([N+](=O)[O-])c1)c1ccc(O)c([N+](=O)[O-])c1.